The van der Waals surface area contributed by atoms with Crippen molar-refractivity contribution in [2.45, 2.75) is 0 Å². The Hall–Kier alpha value is -2.47. The number of anilines is 4. The van der Waals surface area contributed by atoms with Crippen LogP contribution in [0, 0.1) is 0 Å². The predicted molar refractivity (Wildman–Crippen MR) is 84.9 cm³/mol. The first-order chi connectivity index (χ1) is 10.3. The van der Waals surface area contributed by atoms with E-state index in [-0.39, 0.29) is 0 Å². The lowest BCUT2D eigenvalue weighted by atomic mass is 10.2. The zero-order valence-corrected chi connectivity index (χ0v) is 11.7. The molecule has 0 unspecified atom stereocenters. The van der Waals surface area contributed by atoms with Gasteiger partial charge >= 0.3 is 0 Å². The number of hydrogen-bond acceptors (Lipinski definition) is 6. The normalized spacial score (nSPS) is 15.1. The van der Waals surface area contributed by atoms with Gasteiger partial charge in [-0.1, -0.05) is 0 Å². The largest absolute Gasteiger partial charge is 0.399 e. The number of hydrogen-bond donors (Lipinski definition) is 3. The third-order valence-electron chi connectivity index (χ3n) is 3.73. The molecule has 0 saturated carbocycles. The predicted octanol–water partition coefficient (Wildman–Crippen LogP) is 1.79. The van der Waals surface area contributed by atoms with Crippen molar-refractivity contribution in [2.24, 2.45) is 0 Å². The van der Waals surface area contributed by atoms with Gasteiger partial charge in [-0.15, -0.1) is 0 Å². The van der Waals surface area contributed by atoms with Crippen LogP contribution in [0.5, 0.6) is 0 Å². The summed E-state index contributed by atoms with van der Waals surface area (Å²) in [5.74, 6) is 0.939. The molecule has 3 rings (SSSR count). The zero-order valence-electron chi connectivity index (χ0n) is 11.7. The zero-order chi connectivity index (χ0) is 14.7. The second kappa shape index (κ2) is 5.88. The van der Waals surface area contributed by atoms with Gasteiger partial charge in [-0.3, -0.25) is 10.7 Å². The second-order valence-electron chi connectivity index (χ2n) is 5.08. The summed E-state index contributed by atoms with van der Waals surface area (Å²) in [6.07, 6.45) is 1.75. The smallest absolute Gasteiger partial charge is 0.130 e. The number of nitrogen functional groups attached to an aromatic ring is 1. The first-order valence-electron chi connectivity index (χ1n) is 6.98. The van der Waals surface area contributed by atoms with Crippen molar-refractivity contribution >= 4 is 22.9 Å². The molecule has 1 fully saturated rings. The van der Waals surface area contributed by atoms with Crippen LogP contribution in [0.1, 0.15) is 0 Å². The number of pyridine rings is 1. The summed E-state index contributed by atoms with van der Waals surface area (Å²) in [6, 6.07) is 11.5. The van der Waals surface area contributed by atoms with Crippen LogP contribution in [0.15, 0.2) is 42.6 Å². The molecule has 1 aromatic carbocycles. The Morgan fingerprint density at radius 3 is 2.29 bits per heavy atom. The van der Waals surface area contributed by atoms with Gasteiger partial charge in [-0.05, 0) is 30.3 Å². The number of nitrogens with one attached hydrogen (secondary N) is 1. The standard InChI is InChI=1S/C15H19N5O/c16-12-5-6-17-15(11-12)20-9-7-19(8-10-20)14-3-1-13(18-21)2-4-14/h1-6,11,18,21H,7-10H2,(H2,16,17). The number of aromatic nitrogens is 1. The minimum Gasteiger partial charge on any atom is -0.399 e. The molecule has 0 aliphatic carbocycles. The van der Waals surface area contributed by atoms with Crippen molar-refractivity contribution in [2.75, 3.05) is 47.2 Å². The Labute approximate surface area is 123 Å². The topological polar surface area (TPSA) is 77.7 Å². The fraction of sp³-hybridized carbons (Fsp3) is 0.267. The third-order valence-corrected chi connectivity index (χ3v) is 3.73. The maximum Gasteiger partial charge on any atom is 0.130 e. The van der Waals surface area contributed by atoms with Crippen LogP contribution in [-0.4, -0.2) is 36.4 Å². The SMILES string of the molecule is Nc1ccnc(N2CCN(c3ccc(NO)cc3)CC2)c1. The average Bonchev–Trinajstić information content (AvgIpc) is 2.55. The fourth-order valence-corrected chi connectivity index (χ4v) is 2.55. The minimum absolute atomic E-state index is 0.696. The summed E-state index contributed by atoms with van der Waals surface area (Å²) in [5, 5.41) is 8.83. The van der Waals surface area contributed by atoms with Crippen molar-refractivity contribution in [3.8, 4) is 0 Å². The lowest BCUT2D eigenvalue weighted by molar-refractivity contribution is 0.389. The average molecular weight is 285 g/mol. The molecule has 0 radical (unpaired) electrons. The Balaban J connectivity index is 1.64. The van der Waals surface area contributed by atoms with E-state index in [0.717, 1.165) is 43.4 Å². The third kappa shape index (κ3) is 3.00. The van der Waals surface area contributed by atoms with Gasteiger partial charge in [0, 0.05) is 49.8 Å². The highest BCUT2D eigenvalue weighted by Crippen LogP contribution is 2.21. The van der Waals surface area contributed by atoms with Crippen LogP contribution < -0.4 is 21.0 Å². The highest BCUT2D eigenvalue weighted by atomic mass is 16.5. The first-order valence-corrected chi connectivity index (χ1v) is 6.98. The molecule has 1 saturated heterocycles. The van der Waals surface area contributed by atoms with Crippen LogP contribution in [0.2, 0.25) is 0 Å². The second-order valence-corrected chi connectivity index (χ2v) is 5.08. The Kier molecular flexibility index (Phi) is 3.79. The van der Waals surface area contributed by atoms with Crippen molar-refractivity contribution < 1.29 is 5.21 Å². The van der Waals surface area contributed by atoms with E-state index in [4.69, 9.17) is 10.9 Å². The minimum atomic E-state index is 0.696. The molecule has 1 aliphatic heterocycles. The number of benzene rings is 1. The molecule has 21 heavy (non-hydrogen) atoms. The summed E-state index contributed by atoms with van der Waals surface area (Å²) < 4.78 is 0. The molecule has 0 bridgehead atoms. The monoisotopic (exact) mass is 285 g/mol. The maximum atomic E-state index is 8.83. The van der Waals surface area contributed by atoms with Gasteiger partial charge < -0.3 is 15.5 Å². The van der Waals surface area contributed by atoms with Crippen LogP contribution >= 0.6 is 0 Å². The summed E-state index contributed by atoms with van der Waals surface area (Å²) in [6.45, 7) is 3.69. The van der Waals surface area contributed by atoms with Crippen molar-refractivity contribution in [3.63, 3.8) is 0 Å². The molecule has 110 valence electrons. The number of nitrogens with two attached hydrogens (primary N) is 1. The number of piperazine rings is 1. The quantitative estimate of drug-likeness (QED) is 0.746. The fourth-order valence-electron chi connectivity index (χ4n) is 2.55. The first kappa shape index (κ1) is 13.5. The highest BCUT2D eigenvalue weighted by molar-refractivity contribution is 5.56. The summed E-state index contributed by atoms with van der Waals surface area (Å²) in [5.41, 5.74) is 10.6. The van der Waals surface area contributed by atoms with E-state index in [9.17, 15) is 0 Å². The molecular weight excluding hydrogens is 266 g/mol. The van der Waals surface area contributed by atoms with Crippen LogP contribution in [0.3, 0.4) is 0 Å². The Morgan fingerprint density at radius 2 is 1.67 bits per heavy atom. The van der Waals surface area contributed by atoms with Crippen LogP contribution in [-0.2, 0) is 0 Å². The highest BCUT2D eigenvalue weighted by Gasteiger charge is 2.18. The van der Waals surface area contributed by atoms with Gasteiger partial charge in [0.25, 0.3) is 0 Å². The molecule has 0 amide bonds. The van der Waals surface area contributed by atoms with Crippen LogP contribution in [0.25, 0.3) is 0 Å². The van der Waals surface area contributed by atoms with E-state index in [1.54, 1.807) is 12.3 Å². The number of rotatable bonds is 3. The van der Waals surface area contributed by atoms with Crippen molar-refractivity contribution in [3.05, 3.63) is 42.6 Å². The van der Waals surface area contributed by atoms with Crippen LogP contribution in [0.4, 0.5) is 22.9 Å². The van der Waals surface area contributed by atoms with Gasteiger partial charge in [-0.2, -0.15) is 0 Å². The maximum absolute atomic E-state index is 8.83. The van der Waals surface area contributed by atoms with Crippen molar-refractivity contribution in [1.29, 1.82) is 0 Å². The molecular formula is C15H19N5O. The van der Waals surface area contributed by atoms with E-state index in [1.165, 1.54) is 0 Å². The van der Waals surface area contributed by atoms with E-state index < -0.39 is 0 Å². The van der Waals surface area contributed by atoms with Crippen molar-refractivity contribution in [1.82, 2.24) is 4.98 Å². The lowest BCUT2D eigenvalue weighted by Crippen LogP contribution is -2.46. The molecule has 0 spiro atoms. The summed E-state index contributed by atoms with van der Waals surface area (Å²) in [7, 11) is 0. The molecule has 6 heteroatoms. The molecule has 2 aromatic rings. The van der Waals surface area contributed by atoms with Gasteiger partial charge in [0.15, 0.2) is 0 Å². The Bertz CT molecular complexity index is 593. The molecule has 6 nitrogen and oxygen atoms in total. The molecule has 1 aliphatic rings. The molecule has 1 aromatic heterocycles. The molecule has 2 heterocycles. The molecule has 0 atom stereocenters. The van der Waals surface area contributed by atoms with E-state index in [0.29, 0.717) is 5.69 Å². The van der Waals surface area contributed by atoms with Gasteiger partial charge in [0.1, 0.15) is 5.82 Å². The number of nitrogens with zero attached hydrogens (tertiary/aromatic N) is 3. The lowest BCUT2D eigenvalue weighted by Gasteiger charge is -2.36. The van der Waals surface area contributed by atoms with Gasteiger partial charge in [0.2, 0.25) is 0 Å². The molecule has 4 N–H and O–H groups in total. The Morgan fingerprint density at radius 1 is 1.00 bits per heavy atom. The summed E-state index contributed by atoms with van der Waals surface area (Å²) in [4.78, 5) is 8.94. The van der Waals surface area contributed by atoms with E-state index in [1.807, 2.05) is 30.3 Å². The van der Waals surface area contributed by atoms with Gasteiger partial charge in [0.05, 0.1) is 5.69 Å². The van der Waals surface area contributed by atoms with E-state index in [2.05, 4.69) is 20.3 Å². The summed E-state index contributed by atoms with van der Waals surface area (Å²) >= 11 is 0. The van der Waals surface area contributed by atoms with Gasteiger partial charge in [-0.25, -0.2) is 4.98 Å². The van der Waals surface area contributed by atoms with E-state index >= 15 is 0 Å².